The van der Waals surface area contributed by atoms with Gasteiger partial charge in [0.2, 0.25) is 12.7 Å². The highest BCUT2D eigenvalue weighted by Crippen LogP contribution is 2.38. The minimum Gasteiger partial charge on any atom is -0.454 e. The Balaban J connectivity index is 1.23. The molecule has 3 heterocycles. The summed E-state index contributed by atoms with van der Waals surface area (Å²) in [7, 11) is 0. The number of rotatable bonds is 4. The van der Waals surface area contributed by atoms with Gasteiger partial charge in [-0.05, 0) is 42.3 Å². The van der Waals surface area contributed by atoms with Crippen LogP contribution in [0, 0.1) is 0 Å². The highest BCUT2D eigenvalue weighted by Gasteiger charge is 2.40. The first-order chi connectivity index (χ1) is 16.2. The fourth-order valence-electron chi connectivity index (χ4n) is 4.09. The van der Waals surface area contributed by atoms with E-state index in [1.165, 1.54) is 17.2 Å². The van der Waals surface area contributed by atoms with Crippen molar-refractivity contribution >= 4 is 29.1 Å². The number of nitrogens with zero attached hydrogens (tertiary/aromatic N) is 2. The summed E-state index contributed by atoms with van der Waals surface area (Å²) in [6, 6.07) is 7.95. The molecule has 8 nitrogen and oxygen atoms in total. The number of benzene rings is 2. The van der Waals surface area contributed by atoms with Gasteiger partial charge < -0.3 is 24.7 Å². The van der Waals surface area contributed by atoms with Crippen molar-refractivity contribution in [2.45, 2.75) is 24.7 Å². The fraction of sp³-hybridized carbons (Fsp3) is 0.273. The average molecular weight is 495 g/mol. The second kappa shape index (κ2) is 8.41. The number of hydrogen-bond acceptors (Lipinski definition) is 6. The van der Waals surface area contributed by atoms with E-state index in [9.17, 15) is 22.8 Å². The Morgan fingerprint density at radius 3 is 2.74 bits per heavy atom. The van der Waals surface area contributed by atoms with Gasteiger partial charge in [0.1, 0.15) is 12.6 Å². The highest BCUT2D eigenvalue weighted by atomic mass is 35.5. The van der Waals surface area contributed by atoms with Crippen molar-refractivity contribution in [2.24, 2.45) is 0 Å². The number of carbonyl (C=O) groups excluding carboxylic acids is 2. The van der Waals surface area contributed by atoms with E-state index in [4.69, 9.17) is 21.1 Å². The average Bonchev–Trinajstić information content (AvgIpc) is 3.43. The van der Waals surface area contributed by atoms with Gasteiger partial charge in [-0.1, -0.05) is 17.7 Å². The second-order valence-corrected chi connectivity index (χ2v) is 8.37. The fourth-order valence-corrected chi connectivity index (χ4v) is 4.31. The normalized spacial score (nSPS) is 21.1. The first-order valence-corrected chi connectivity index (χ1v) is 10.7. The quantitative estimate of drug-likeness (QED) is 0.675. The van der Waals surface area contributed by atoms with Crippen LogP contribution in [0.5, 0.6) is 11.5 Å². The molecule has 0 spiro atoms. The van der Waals surface area contributed by atoms with Gasteiger partial charge in [-0.3, -0.25) is 9.59 Å². The molecular weight excluding hydrogens is 477 g/mol. The van der Waals surface area contributed by atoms with E-state index in [0.717, 1.165) is 17.7 Å². The van der Waals surface area contributed by atoms with E-state index in [-0.39, 0.29) is 31.0 Å². The van der Waals surface area contributed by atoms with Gasteiger partial charge in [-0.15, -0.1) is 0 Å². The zero-order valence-corrected chi connectivity index (χ0v) is 18.2. The predicted octanol–water partition coefficient (Wildman–Crippen LogP) is 3.66. The van der Waals surface area contributed by atoms with Gasteiger partial charge in [0.15, 0.2) is 11.5 Å². The number of hydrazine groups is 1. The summed E-state index contributed by atoms with van der Waals surface area (Å²) in [6.07, 6.45) is -1.10. The Morgan fingerprint density at radius 1 is 1.15 bits per heavy atom. The van der Waals surface area contributed by atoms with Gasteiger partial charge >= 0.3 is 6.18 Å². The van der Waals surface area contributed by atoms with Crippen molar-refractivity contribution in [2.75, 3.05) is 18.7 Å². The SMILES string of the molecule is O=C(CN1C=CN2NC(c3ccc4c(c3)OCO4)CC2C1=O)Nc1ccc(Cl)c(C(F)(F)F)c1. The van der Waals surface area contributed by atoms with Crippen molar-refractivity contribution < 1.29 is 32.2 Å². The van der Waals surface area contributed by atoms with E-state index < -0.39 is 28.7 Å². The third kappa shape index (κ3) is 4.24. The molecule has 2 unspecified atom stereocenters. The van der Waals surface area contributed by atoms with Crippen molar-refractivity contribution in [1.29, 1.82) is 0 Å². The van der Waals surface area contributed by atoms with Crippen LogP contribution in [0.25, 0.3) is 0 Å². The monoisotopic (exact) mass is 494 g/mol. The molecule has 0 bridgehead atoms. The van der Waals surface area contributed by atoms with E-state index >= 15 is 0 Å². The summed E-state index contributed by atoms with van der Waals surface area (Å²) in [5.74, 6) is 0.358. The number of amides is 2. The van der Waals surface area contributed by atoms with E-state index in [2.05, 4.69) is 10.7 Å². The largest absolute Gasteiger partial charge is 0.454 e. The predicted molar refractivity (Wildman–Crippen MR) is 115 cm³/mol. The number of alkyl halides is 3. The minimum atomic E-state index is -4.66. The number of fused-ring (bicyclic) bond motifs is 2. The number of anilines is 1. The van der Waals surface area contributed by atoms with Crippen molar-refractivity contribution in [1.82, 2.24) is 15.3 Å². The summed E-state index contributed by atoms with van der Waals surface area (Å²) in [5.41, 5.74) is 3.06. The van der Waals surface area contributed by atoms with Crippen LogP contribution in [0.3, 0.4) is 0 Å². The Morgan fingerprint density at radius 2 is 1.94 bits per heavy atom. The molecule has 34 heavy (non-hydrogen) atoms. The van der Waals surface area contributed by atoms with Gasteiger partial charge in [-0.2, -0.15) is 13.2 Å². The third-order valence-corrected chi connectivity index (χ3v) is 6.07. The van der Waals surface area contributed by atoms with Crippen LogP contribution in [0.1, 0.15) is 23.6 Å². The number of carbonyl (C=O) groups is 2. The summed E-state index contributed by atoms with van der Waals surface area (Å²) in [6.45, 7) is -0.185. The zero-order chi connectivity index (χ0) is 24.0. The van der Waals surface area contributed by atoms with Gasteiger partial charge in [0.05, 0.1) is 16.6 Å². The molecule has 2 atom stereocenters. The number of hydrogen-bond donors (Lipinski definition) is 2. The Bertz CT molecular complexity index is 1190. The molecule has 2 amide bonds. The van der Waals surface area contributed by atoms with Gasteiger partial charge in [0, 0.05) is 18.1 Å². The molecule has 1 saturated heterocycles. The molecule has 0 saturated carbocycles. The van der Waals surface area contributed by atoms with E-state index in [0.29, 0.717) is 17.9 Å². The lowest BCUT2D eigenvalue weighted by molar-refractivity contribution is -0.137. The van der Waals surface area contributed by atoms with Gasteiger partial charge in [-0.25, -0.2) is 5.43 Å². The van der Waals surface area contributed by atoms with Gasteiger partial charge in [0.25, 0.3) is 5.91 Å². The summed E-state index contributed by atoms with van der Waals surface area (Å²) in [5, 5.41) is 3.60. The lowest BCUT2D eigenvalue weighted by Gasteiger charge is -2.31. The maximum Gasteiger partial charge on any atom is 0.417 e. The highest BCUT2D eigenvalue weighted by molar-refractivity contribution is 6.31. The number of nitrogens with one attached hydrogen (secondary N) is 2. The maximum atomic E-state index is 13.1. The van der Waals surface area contributed by atoms with Crippen LogP contribution >= 0.6 is 11.6 Å². The standard InChI is InChI=1S/C22H18ClF3N4O4/c23-15-3-2-13(8-14(15)22(24,25)26)27-20(31)10-29-5-6-30-17(21(29)32)9-16(28-30)12-1-4-18-19(7-12)34-11-33-18/h1-8,16-17,28H,9-11H2,(H,27,31). The molecule has 0 radical (unpaired) electrons. The second-order valence-electron chi connectivity index (χ2n) is 7.96. The third-order valence-electron chi connectivity index (χ3n) is 5.74. The minimum absolute atomic E-state index is 0.0674. The summed E-state index contributed by atoms with van der Waals surface area (Å²) < 4.78 is 49.9. The van der Waals surface area contributed by atoms with Crippen LogP contribution < -0.4 is 20.2 Å². The Hall–Kier alpha value is -3.44. The molecule has 3 aliphatic heterocycles. The summed E-state index contributed by atoms with van der Waals surface area (Å²) >= 11 is 5.61. The molecule has 3 aliphatic rings. The molecular formula is C22H18ClF3N4O4. The molecule has 2 N–H and O–H groups in total. The Kier molecular flexibility index (Phi) is 5.53. The van der Waals surface area contributed by atoms with E-state index in [1.54, 1.807) is 11.2 Å². The topological polar surface area (TPSA) is 83.1 Å². The number of ether oxygens (including phenoxy) is 2. The van der Waals surface area contributed by atoms with Crippen LogP contribution in [-0.4, -0.2) is 41.1 Å². The van der Waals surface area contributed by atoms with Crippen LogP contribution in [-0.2, 0) is 15.8 Å². The molecule has 2 aromatic rings. The Labute approximate surface area is 196 Å². The maximum absolute atomic E-state index is 13.1. The molecule has 0 aliphatic carbocycles. The molecule has 0 aromatic heterocycles. The van der Waals surface area contributed by atoms with Crippen molar-refractivity contribution in [3.8, 4) is 11.5 Å². The first-order valence-electron chi connectivity index (χ1n) is 10.3. The first kappa shape index (κ1) is 22.4. The van der Waals surface area contributed by atoms with Crippen molar-refractivity contribution in [3.05, 3.63) is 64.9 Å². The van der Waals surface area contributed by atoms with Crippen molar-refractivity contribution in [3.63, 3.8) is 0 Å². The molecule has 1 fully saturated rings. The molecule has 2 aromatic carbocycles. The molecule has 178 valence electrons. The van der Waals surface area contributed by atoms with Crippen LogP contribution in [0.2, 0.25) is 5.02 Å². The van der Waals surface area contributed by atoms with Crippen LogP contribution in [0.4, 0.5) is 18.9 Å². The lowest BCUT2D eigenvalue weighted by Crippen LogP contribution is -2.49. The van der Waals surface area contributed by atoms with Crippen LogP contribution in [0.15, 0.2) is 48.8 Å². The smallest absolute Gasteiger partial charge is 0.417 e. The molecule has 5 rings (SSSR count). The van der Waals surface area contributed by atoms with E-state index in [1.807, 2.05) is 18.2 Å². The summed E-state index contributed by atoms with van der Waals surface area (Å²) in [4.78, 5) is 26.7. The number of halogens is 4. The lowest BCUT2D eigenvalue weighted by atomic mass is 10.0. The molecule has 12 heteroatoms. The zero-order valence-electron chi connectivity index (χ0n) is 17.4.